The first kappa shape index (κ1) is 22.6. The third-order valence-electron chi connectivity index (χ3n) is 3.17. The Morgan fingerprint density at radius 2 is 1.81 bits per heavy atom. The fourth-order valence-corrected chi connectivity index (χ4v) is 2.52. The second kappa shape index (κ2) is 10.0. The number of rotatable bonds is 8. The molecule has 1 amide bonds. The van der Waals surface area contributed by atoms with Crippen LogP contribution in [0, 0.1) is 0 Å². The number of hydrogen-bond donors (Lipinski definition) is 1. The van der Waals surface area contributed by atoms with E-state index in [-0.39, 0.29) is 37.4 Å². The van der Waals surface area contributed by atoms with E-state index in [0.717, 1.165) is 5.56 Å². The van der Waals surface area contributed by atoms with E-state index < -0.39 is 5.60 Å². The lowest BCUT2D eigenvalue weighted by atomic mass is 10.1. The average molecular weight is 404 g/mol. The van der Waals surface area contributed by atoms with Gasteiger partial charge in [-0.05, 0) is 47.1 Å². The van der Waals surface area contributed by atoms with Crippen LogP contribution in [0.2, 0.25) is 10.0 Å². The molecule has 0 saturated heterocycles. The molecule has 5 nitrogen and oxygen atoms in total. The minimum absolute atomic E-state index is 0.0748. The molecule has 0 heterocycles. The minimum Gasteiger partial charge on any atom is -0.489 e. The zero-order valence-corrected chi connectivity index (χ0v) is 17.5. The summed E-state index contributed by atoms with van der Waals surface area (Å²) in [6.07, 6.45) is 0.798. The van der Waals surface area contributed by atoms with Crippen LogP contribution in [0.1, 0.15) is 59.4 Å². The Bertz CT molecular complexity index is 639. The molecular weight excluding hydrogens is 377 g/mol. The van der Waals surface area contributed by atoms with E-state index in [1.807, 2.05) is 34.6 Å². The molecule has 1 aromatic rings. The van der Waals surface area contributed by atoms with E-state index in [0.29, 0.717) is 22.2 Å². The number of hydrogen-bond acceptors (Lipinski definition) is 4. The van der Waals surface area contributed by atoms with Crippen LogP contribution in [0.4, 0.5) is 0 Å². The van der Waals surface area contributed by atoms with Gasteiger partial charge in [0.25, 0.3) is 0 Å². The zero-order chi connectivity index (χ0) is 19.9. The highest BCUT2D eigenvalue weighted by Crippen LogP contribution is 2.35. The first-order chi connectivity index (χ1) is 12.0. The topological polar surface area (TPSA) is 64.6 Å². The Morgan fingerprint density at radius 1 is 1.15 bits per heavy atom. The van der Waals surface area contributed by atoms with Gasteiger partial charge < -0.3 is 14.8 Å². The second-order valence-electron chi connectivity index (χ2n) is 7.23. The van der Waals surface area contributed by atoms with Gasteiger partial charge in [-0.15, -0.1) is 0 Å². The Hall–Kier alpha value is -1.46. The summed E-state index contributed by atoms with van der Waals surface area (Å²) in [7, 11) is 0. The maximum atomic E-state index is 12.0. The lowest BCUT2D eigenvalue weighted by molar-refractivity contribution is -0.154. The van der Waals surface area contributed by atoms with Crippen LogP contribution in [-0.4, -0.2) is 23.6 Å². The van der Waals surface area contributed by atoms with Crippen molar-refractivity contribution >= 4 is 35.1 Å². The summed E-state index contributed by atoms with van der Waals surface area (Å²) in [5, 5.41) is 3.54. The van der Waals surface area contributed by atoms with Crippen molar-refractivity contribution in [3.8, 4) is 5.75 Å². The van der Waals surface area contributed by atoms with E-state index in [9.17, 15) is 9.59 Å². The van der Waals surface area contributed by atoms with E-state index >= 15 is 0 Å². The van der Waals surface area contributed by atoms with Crippen molar-refractivity contribution < 1.29 is 19.1 Å². The van der Waals surface area contributed by atoms with Gasteiger partial charge in [-0.25, -0.2) is 0 Å². The van der Waals surface area contributed by atoms with Gasteiger partial charge in [0, 0.05) is 24.9 Å². The molecule has 1 rings (SSSR count). The molecule has 0 aliphatic heterocycles. The van der Waals surface area contributed by atoms with Gasteiger partial charge >= 0.3 is 5.97 Å². The van der Waals surface area contributed by atoms with E-state index in [1.54, 1.807) is 12.1 Å². The van der Waals surface area contributed by atoms with Gasteiger partial charge in [-0.1, -0.05) is 29.3 Å². The van der Waals surface area contributed by atoms with Gasteiger partial charge in [0.15, 0.2) is 0 Å². The summed E-state index contributed by atoms with van der Waals surface area (Å²) in [6.45, 7) is 9.47. The molecule has 0 saturated carbocycles. The molecule has 0 fully saturated rings. The van der Waals surface area contributed by atoms with Crippen molar-refractivity contribution in [2.24, 2.45) is 0 Å². The third-order valence-corrected chi connectivity index (χ3v) is 3.95. The predicted octanol–water partition coefficient (Wildman–Crippen LogP) is 4.91. The van der Waals surface area contributed by atoms with Crippen LogP contribution in [0.25, 0.3) is 0 Å². The van der Waals surface area contributed by atoms with Crippen molar-refractivity contribution in [1.82, 2.24) is 5.32 Å². The molecule has 1 N–H and O–H groups in total. The Labute approximate surface area is 165 Å². The standard InChI is InChI=1S/C19H27Cl2NO4/c1-12(2)25-18-13(9-10-14(20)17(18)21)11-22-15(23)7-6-8-16(24)26-19(3,4)5/h9-10,12H,6-8,11H2,1-5H3,(H,22,23). The Balaban J connectivity index is 2.52. The molecule has 0 radical (unpaired) electrons. The molecule has 0 bridgehead atoms. The van der Waals surface area contributed by atoms with Crippen molar-refractivity contribution in [3.05, 3.63) is 27.7 Å². The molecule has 1 aromatic carbocycles. The number of ether oxygens (including phenoxy) is 2. The highest BCUT2D eigenvalue weighted by atomic mass is 35.5. The average Bonchev–Trinajstić information content (AvgIpc) is 2.49. The van der Waals surface area contributed by atoms with E-state index in [4.69, 9.17) is 32.7 Å². The number of esters is 1. The molecule has 26 heavy (non-hydrogen) atoms. The fraction of sp³-hybridized carbons (Fsp3) is 0.579. The Kier molecular flexibility index (Phi) is 8.71. The SMILES string of the molecule is CC(C)Oc1c(CNC(=O)CCCC(=O)OC(C)(C)C)ccc(Cl)c1Cl. The highest BCUT2D eigenvalue weighted by Gasteiger charge is 2.17. The summed E-state index contributed by atoms with van der Waals surface area (Å²) < 4.78 is 10.9. The molecule has 0 atom stereocenters. The number of nitrogens with one attached hydrogen (secondary N) is 1. The van der Waals surface area contributed by atoms with Crippen LogP contribution in [-0.2, 0) is 20.9 Å². The zero-order valence-electron chi connectivity index (χ0n) is 15.9. The van der Waals surface area contributed by atoms with E-state index in [1.165, 1.54) is 0 Å². The van der Waals surface area contributed by atoms with Gasteiger partial charge in [0.05, 0.1) is 11.1 Å². The molecule has 146 valence electrons. The normalized spacial score (nSPS) is 11.4. The first-order valence-electron chi connectivity index (χ1n) is 8.61. The number of benzene rings is 1. The van der Waals surface area contributed by atoms with Crippen molar-refractivity contribution in [2.75, 3.05) is 0 Å². The smallest absolute Gasteiger partial charge is 0.306 e. The molecule has 0 aromatic heterocycles. The van der Waals surface area contributed by atoms with Crippen LogP contribution >= 0.6 is 23.2 Å². The van der Waals surface area contributed by atoms with Crippen LogP contribution in [0.15, 0.2) is 12.1 Å². The molecular formula is C19H27Cl2NO4. The molecule has 0 unspecified atom stereocenters. The summed E-state index contributed by atoms with van der Waals surface area (Å²) >= 11 is 12.2. The number of carbonyl (C=O) groups excluding carboxylic acids is 2. The fourth-order valence-electron chi connectivity index (χ4n) is 2.14. The number of amides is 1. The molecule has 0 aliphatic rings. The molecule has 7 heteroatoms. The quantitative estimate of drug-likeness (QED) is 0.626. The lowest BCUT2D eigenvalue weighted by Gasteiger charge is -2.19. The third kappa shape index (κ3) is 8.28. The highest BCUT2D eigenvalue weighted by molar-refractivity contribution is 6.43. The lowest BCUT2D eigenvalue weighted by Crippen LogP contribution is -2.25. The summed E-state index contributed by atoms with van der Waals surface area (Å²) in [4.78, 5) is 23.6. The van der Waals surface area contributed by atoms with Gasteiger partial charge in [0.2, 0.25) is 5.91 Å². The monoisotopic (exact) mass is 403 g/mol. The van der Waals surface area contributed by atoms with Crippen molar-refractivity contribution in [2.45, 2.75) is 72.1 Å². The minimum atomic E-state index is -0.514. The predicted molar refractivity (Wildman–Crippen MR) is 104 cm³/mol. The summed E-state index contributed by atoms with van der Waals surface area (Å²) in [6, 6.07) is 3.44. The van der Waals surface area contributed by atoms with Gasteiger partial charge in [-0.3, -0.25) is 9.59 Å². The Morgan fingerprint density at radius 3 is 2.38 bits per heavy atom. The molecule has 0 spiro atoms. The first-order valence-corrected chi connectivity index (χ1v) is 9.37. The second-order valence-corrected chi connectivity index (χ2v) is 8.02. The van der Waals surface area contributed by atoms with Gasteiger partial charge in [0.1, 0.15) is 16.4 Å². The van der Waals surface area contributed by atoms with Crippen LogP contribution < -0.4 is 10.1 Å². The largest absolute Gasteiger partial charge is 0.489 e. The number of carbonyl (C=O) groups is 2. The molecule has 0 aliphatic carbocycles. The summed E-state index contributed by atoms with van der Waals surface area (Å²) in [5.41, 5.74) is 0.230. The van der Waals surface area contributed by atoms with Crippen LogP contribution in [0.3, 0.4) is 0 Å². The van der Waals surface area contributed by atoms with E-state index in [2.05, 4.69) is 5.32 Å². The maximum absolute atomic E-state index is 12.0. The van der Waals surface area contributed by atoms with Crippen molar-refractivity contribution in [1.29, 1.82) is 0 Å². The number of halogens is 2. The summed E-state index contributed by atoms with van der Waals surface area (Å²) in [5.74, 6) is 0.0146. The van der Waals surface area contributed by atoms with Crippen molar-refractivity contribution in [3.63, 3.8) is 0 Å². The maximum Gasteiger partial charge on any atom is 0.306 e. The van der Waals surface area contributed by atoms with Gasteiger partial charge in [-0.2, -0.15) is 0 Å². The van der Waals surface area contributed by atoms with Crippen LogP contribution in [0.5, 0.6) is 5.75 Å².